The first-order valence-electron chi connectivity index (χ1n) is 17.4. The molecule has 2 aliphatic heterocycles. The predicted molar refractivity (Wildman–Crippen MR) is 209 cm³/mol. The van der Waals surface area contributed by atoms with Gasteiger partial charge in [-0.1, -0.05) is 140 Å². The number of fused-ring (bicyclic) bond motifs is 10. The van der Waals surface area contributed by atoms with E-state index in [9.17, 15) is 0 Å². The highest BCUT2D eigenvalue weighted by Crippen LogP contribution is 2.43. The van der Waals surface area contributed by atoms with Crippen LogP contribution in [0.2, 0.25) is 0 Å². The van der Waals surface area contributed by atoms with Gasteiger partial charge in [-0.25, -0.2) is 15.0 Å². The van der Waals surface area contributed by atoms with Crippen molar-refractivity contribution in [3.8, 4) is 51.0 Å². The molecule has 0 N–H and O–H groups in total. The predicted octanol–water partition coefficient (Wildman–Crippen LogP) is 9.03. The second-order valence-corrected chi connectivity index (χ2v) is 13.6. The van der Waals surface area contributed by atoms with Gasteiger partial charge in [-0.15, -0.1) is 0 Å². The lowest BCUT2D eigenvalue weighted by Gasteiger charge is -2.33. The molecule has 12 rings (SSSR count). The van der Waals surface area contributed by atoms with Gasteiger partial charge in [0.05, 0.1) is 11.0 Å². The fourth-order valence-electron chi connectivity index (χ4n) is 8.87. The molecular weight excluding hydrogens is 621 g/mol. The molecular formula is C45H26BN5. The highest BCUT2D eigenvalue weighted by Gasteiger charge is 2.41. The lowest BCUT2D eigenvalue weighted by atomic mass is 9.45. The summed E-state index contributed by atoms with van der Waals surface area (Å²) < 4.78 is 5.10. The van der Waals surface area contributed by atoms with Gasteiger partial charge >= 0.3 is 6.85 Å². The number of rotatable bonds is 3. The minimum Gasteiger partial charge on any atom is -0.375 e. The third-order valence-electron chi connectivity index (χ3n) is 10.9. The highest BCUT2D eigenvalue weighted by molar-refractivity contribution is 6.90. The first kappa shape index (κ1) is 27.1. The molecule has 0 saturated heterocycles. The Hall–Kier alpha value is -6.79. The number of hydrogen-bond donors (Lipinski definition) is 0. The monoisotopic (exact) mass is 647 g/mol. The number of para-hydroxylation sites is 3. The Morgan fingerprint density at radius 3 is 1.76 bits per heavy atom. The average molecular weight is 648 g/mol. The van der Waals surface area contributed by atoms with E-state index in [0.29, 0.717) is 17.5 Å². The third kappa shape index (κ3) is 3.58. The topological polar surface area (TPSA) is 48.5 Å². The molecule has 0 unspecified atom stereocenters. The van der Waals surface area contributed by atoms with Gasteiger partial charge in [0.2, 0.25) is 0 Å². The van der Waals surface area contributed by atoms with Gasteiger partial charge in [0, 0.05) is 60.5 Å². The molecule has 10 aromatic rings. The first-order valence-corrected chi connectivity index (χ1v) is 17.4. The van der Waals surface area contributed by atoms with Gasteiger partial charge in [-0.3, -0.25) is 0 Å². The molecule has 6 heteroatoms. The molecule has 0 saturated carbocycles. The lowest BCUT2D eigenvalue weighted by Crippen LogP contribution is -2.55. The van der Waals surface area contributed by atoms with Crippen molar-refractivity contribution in [1.29, 1.82) is 0 Å². The van der Waals surface area contributed by atoms with Crippen LogP contribution in [-0.4, -0.2) is 30.8 Å². The van der Waals surface area contributed by atoms with Crippen LogP contribution < -0.4 is 10.9 Å². The lowest BCUT2D eigenvalue weighted by molar-refractivity contribution is 1.07. The Labute approximate surface area is 293 Å². The smallest absolute Gasteiger partial charge is 0.333 e. The van der Waals surface area contributed by atoms with E-state index in [2.05, 4.69) is 130 Å². The average Bonchev–Trinajstić information content (AvgIpc) is 3.72. The fraction of sp³-hybridized carbons (Fsp3) is 0. The molecule has 2 aliphatic rings. The van der Waals surface area contributed by atoms with Crippen LogP contribution in [-0.2, 0) is 0 Å². The number of nitrogens with zero attached hydrogens (tertiary/aromatic N) is 5. The second-order valence-electron chi connectivity index (χ2n) is 13.6. The van der Waals surface area contributed by atoms with Crippen molar-refractivity contribution in [3.05, 3.63) is 158 Å². The van der Waals surface area contributed by atoms with Crippen LogP contribution in [0.1, 0.15) is 0 Å². The van der Waals surface area contributed by atoms with Crippen molar-refractivity contribution in [2.45, 2.75) is 0 Å². The largest absolute Gasteiger partial charge is 0.375 e. The fourth-order valence-corrected chi connectivity index (χ4v) is 8.87. The molecule has 234 valence electrons. The van der Waals surface area contributed by atoms with Gasteiger partial charge in [0.1, 0.15) is 0 Å². The van der Waals surface area contributed by atoms with Crippen LogP contribution in [0, 0.1) is 0 Å². The summed E-state index contributed by atoms with van der Waals surface area (Å²) in [5, 5.41) is 5.06. The van der Waals surface area contributed by atoms with Crippen LogP contribution in [0.3, 0.4) is 0 Å². The minimum atomic E-state index is -0.0000184. The summed E-state index contributed by atoms with van der Waals surface area (Å²) >= 11 is 0. The molecule has 3 aromatic heterocycles. The van der Waals surface area contributed by atoms with Crippen molar-refractivity contribution in [2.75, 3.05) is 0 Å². The van der Waals surface area contributed by atoms with Crippen molar-refractivity contribution in [1.82, 2.24) is 24.0 Å². The quantitative estimate of drug-likeness (QED) is 0.180. The normalized spacial score (nSPS) is 12.7. The van der Waals surface area contributed by atoms with Gasteiger partial charge < -0.3 is 9.05 Å². The minimum absolute atomic E-state index is 0.0000184. The van der Waals surface area contributed by atoms with Crippen LogP contribution in [0.25, 0.3) is 94.6 Å². The van der Waals surface area contributed by atoms with Crippen LogP contribution >= 0.6 is 0 Å². The van der Waals surface area contributed by atoms with Gasteiger partial charge in [0.25, 0.3) is 0 Å². The maximum Gasteiger partial charge on any atom is 0.333 e. The van der Waals surface area contributed by atoms with E-state index in [1.54, 1.807) is 0 Å². The van der Waals surface area contributed by atoms with Crippen molar-refractivity contribution < 1.29 is 0 Å². The SMILES string of the molecule is c1ccc(-c2nc(-c3ccccc3)nc(-c3ccc4c5cccc6c5n(c4c3)B3c4c-6cccc4-n4c5ccccc5c5cccc3c54)n2)cc1. The summed E-state index contributed by atoms with van der Waals surface area (Å²) in [5.74, 6) is 1.98. The van der Waals surface area contributed by atoms with Crippen molar-refractivity contribution in [2.24, 2.45) is 0 Å². The molecule has 5 nitrogen and oxygen atoms in total. The maximum atomic E-state index is 5.10. The van der Waals surface area contributed by atoms with Crippen LogP contribution in [0.15, 0.2) is 158 Å². The third-order valence-corrected chi connectivity index (χ3v) is 10.9. The molecule has 0 atom stereocenters. The zero-order valence-electron chi connectivity index (χ0n) is 27.3. The van der Waals surface area contributed by atoms with Crippen molar-refractivity contribution in [3.63, 3.8) is 0 Å². The van der Waals surface area contributed by atoms with Crippen LogP contribution in [0.5, 0.6) is 0 Å². The van der Waals surface area contributed by atoms with E-state index in [-0.39, 0.29) is 6.85 Å². The zero-order valence-corrected chi connectivity index (χ0v) is 27.3. The Bertz CT molecular complexity index is 3030. The van der Waals surface area contributed by atoms with E-state index in [1.807, 2.05) is 36.4 Å². The molecule has 0 radical (unpaired) electrons. The molecule has 0 bridgehead atoms. The summed E-state index contributed by atoms with van der Waals surface area (Å²) in [6, 6.07) is 56.4. The molecule has 51 heavy (non-hydrogen) atoms. The Morgan fingerprint density at radius 1 is 0.412 bits per heavy atom. The highest BCUT2D eigenvalue weighted by atomic mass is 15.0. The first-order chi connectivity index (χ1) is 25.3. The Morgan fingerprint density at radius 2 is 1.00 bits per heavy atom. The van der Waals surface area contributed by atoms with E-state index in [4.69, 9.17) is 15.0 Å². The standard InChI is InChI=1S/C45H26BN5/c1-3-12-27(13-4-1)43-47-44(28-14-5-2-6-15-28)49-45(48-43)29-24-25-31-33-18-9-19-35-32-17-11-23-38-40(32)46(51(41(33)35)39(31)26-29)36-21-10-20-34-30-16-7-8-22-37(30)50(38)42(34)36/h1-26H. The second kappa shape index (κ2) is 9.90. The van der Waals surface area contributed by atoms with Crippen molar-refractivity contribution >= 4 is 61.4 Å². The Balaban J connectivity index is 1.17. The molecule has 5 heterocycles. The van der Waals surface area contributed by atoms with Gasteiger partial charge in [-0.05, 0) is 34.7 Å². The summed E-state index contributed by atoms with van der Waals surface area (Å²) in [4.78, 5) is 15.1. The van der Waals surface area contributed by atoms with Crippen LogP contribution in [0.4, 0.5) is 0 Å². The van der Waals surface area contributed by atoms with E-state index in [0.717, 1.165) is 16.7 Å². The molecule has 0 spiro atoms. The zero-order chi connectivity index (χ0) is 33.2. The summed E-state index contributed by atoms with van der Waals surface area (Å²) in [7, 11) is 0. The number of aromatic nitrogens is 5. The molecule has 0 amide bonds. The Kier molecular flexibility index (Phi) is 5.26. The van der Waals surface area contributed by atoms with Gasteiger partial charge in [-0.2, -0.15) is 0 Å². The van der Waals surface area contributed by atoms with E-state index < -0.39 is 0 Å². The summed E-state index contributed by atoms with van der Waals surface area (Å²) in [6.07, 6.45) is 0. The maximum absolute atomic E-state index is 5.10. The number of benzene rings is 7. The van der Waals surface area contributed by atoms with Gasteiger partial charge in [0.15, 0.2) is 17.5 Å². The molecule has 7 aromatic carbocycles. The summed E-state index contributed by atoms with van der Waals surface area (Å²) in [6.45, 7) is -0.0000184. The molecule has 0 aliphatic carbocycles. The summed E-state index contributed by atoms with van der Waals surface area (Å²) in [5.41, 5.74) is 14.3. The number of hydrogen-bond acceptors (Lipinski definition) is 3. The van der Waals surface area contributed by atoms with E-state index in [1.165, 1.54) is 71.4 Å². The van der Waals surface area contributed by atoms with E-state index >= 15 is 0 Å². The molecule has 0 fully saturated rings.